The van der Waals surface area contributed by atoms with Crippen LogP contribution >= 0.6 is 0 Å². The van der Waals surface area contributed by atoms with Gasteiger partial charge in [0.2, 0.25) is 0 Å². The molecule has 1 unspecified atom stereocenters. The highest BCUT2D eigenvalue weighted by Crippen LogP contribution is 2.11. The molecule has 0 aliphatic heterocycles. The summed E-state index contributed by atoms with van der Waals surface area (Å²) in [6.45, 7) is 2.20. The highest BCUT2D eigenvalue weighted by Gasteiger charge is 2.05. The van der Waals surface area contributed by atoms with E-state index >= 15 is 0 Å². The molecule has 0 spiro atoms. The molecular weight excluding hydrogens is 206 g/mol. The molecule has 1 amide bonds. The summed E-state index contributed by atoms with van der Waals surface area (Å²) >= 11 is 0. The Kier molecular flexibility index (Phi) is 4.72. The predicted molar refractivity (Wildman–Crippen MR) is 62.2 cm³/mol. The number of nitrogens with one attached hydrogen (secondary N) is 1. The van der Waals surface area contributed by atoms with E-state index in [9.17, 15) is 4.79 Å². The fourth-order valence-corrected chi connectivity index (χ4v) is 1.41. The Morgan fingerprint density at radius 1 is 1.69 bits per heavy atom. The number of hydrogen-bond acceptors (Lipinski definition) is 4. The third-order valence-electron chi connectivity index (χ3n) is 2.22. The molecular formula is C11H17N3O2. The maximum Gasteiger partial charge on any atom is 0.267 e. The predicted octanol–water partition coefficient (Wildman–Crippen LogP) is 0.753. The smallest absolute Gasteiger partial charge is 0.267 e. The number of nitrogens with zero attached hydrogens (tertiary/aromatic N) is 1. The van der Waals surface area contributed by atoms with E-state index in [0.29, 0.717) is 0 Å². The fraction of sp³-hybridized carbons (Fsp3) is 0.455. The molecule has 0 fully saturated rings. The molecule has 1 aromatic heterocycles. The number of aliphatic hydroxyl groups is 1. The highest BCUT2D eigenvalue weighted by atomic mass is 16.2. The lowest BCUT2D eigenvalue weighted by atomic mass is 10.2. The first-order valence-electron chi connectivity index (χ1n) is 5.26. The third-order valence-corrected chi connectivity index (χ3v) is 2.22. The van der Waals surface area contributed by atoms with Crippen molar-refractivity contribution in [3.8, 4) is 0 Å². The van der Waals surface area contributed by atoms with Crippen LogP contribution < -0.4 is 11.1 Å². The molecule has 16 heavy (non-hydrogen) atoms. The largest absolute Gasteiger partial charge is 0.396 e. The number of carbonyl (C=O) groups excluding carboxylic acids is 1. The minimum absolute atomic E-state index is 0.189. The van der Waals surface area contributed by atoms with Crippen molar-refractivity contribution < 1.29 is 9.90 Å². The lowest BCUT2D eigenvalue weighted by Gasteiger charge is -2.14. The molecule has 0 aliphatic carbocycles. The summed E-state index contributed by atoms with van der Waals surface area (Å²) in [5, 5.41) is 11.9. The number of anilines is 1. The summed E-state index contributed by atoms with van der Waals surface area (Å²) in [7, 11) is 0. The maximum absolute atomic E-state index is 10.9. The standard InChI is InChI=1S/C11H17N3O2/c1-8(3-2-6-15)14-9-4-5-13-10(7-9)11(12)16/h4-5,7-8,15H,2-3,6H2,1H3,(H2,12,16)(H,13,14). The van der Waals surface area contributed by atoms with E-state index in [0.717, 1.165) is 18.5 Å². The van der Waals surface area contributed by atoms with Crippen LogP contribution in [0.1, 0.15) is 30.3 Å². The van der Waals surface area contributed by atoms with Gasteiger partial charge in [0.25, 0.3) is 5.91 Å². The number of rotatable bonds is 6. The van der Waals surface area contributed by atoms with Crippen LogP contribution in [0.4, 0.5) is 5.69 Å². The van der Waals surface area contributed by atoms with Crippen LogP contribution in [0.15, 0.2) is 18.3 Å². The van der Waals surface area contributed by atoms with Gasteiger partial charge in [-0.1, -0.05) is 0 Å². The second-order valence-electron chi connectivity index (χ2n) is 3.71. The molecule has 4 N–H and O–H groups in total. The number of carbonyl (C=O) groups is 1. The van der Waals surface area contributed by atoms with Crippen molar-refractivity contribution in [2.45, 2.75) is 25.8 Å². The van der Waals surface area contributed by atoms with Crippen molar-refractivity contribution in [3.05, 3.63) is 24.0 Å². The number of hydrogen-bond donors (Lipinski definition) is 3. The number of amides is 1. The second-order valence-corrected chi connectivity index (χ2v) is 3.71. The van der Waals surface area contributed by atoms with Crippen molar-refractivity contribution in [2.75, 3.05) is 11.9 Å². The van der Waals surface area contributed by atoms with E-state index in [-0.39, 0.29) is 18.3 Å². The van der Waals surface area contributed by atoms with Crippen molar-refractivity contribution >= 4 is 11.6 Å². The van der Waals surface area contributed by atoms with E-state index in [1.165, 1.54) is 0 Å². The summed E-state index contributed by atoms with van der Waals surface area (Å²) < 4.78 is 0. The normalized spacial score (nSPS) is 12.1. The minimum Gasteiger partial charge on any atom is -0.396 e. The molecule has 88 valence electrons. The van der Waals surface area contributed by atoms with Gasteiger partial charge in [0.1, 0.15) is 5.69 Å². The van der Waals surface area contributed by atoms with Crippen molar-refractivity contribution in [1.82, 2.24) is 4.98 Å². The van der Waals surface area contributed by atoms with Gasteiger partial charge in [0.05, 0.1) is 0 Å². The van der Waals surface area contributed by atoms with Gasteiger partial charge in [-0.05, 0) is 31.9 Å². The summed E-state index contributed by atoms with van der Waals surface area (Å²) in [6, 6.07) is 3.63. The van der Waals surface area contributed by atoms with Crippen molar-refractivity contribution in [3.63, 3.8) is 0 Å². The van der Waals surface area contributed by atoms with E-state index in [1.54, 1.807) is 18.3 Å². The van der Waals surface area contributed by atoms with E-state index in [2.05, 4.69) is 10.3 Å². The number of pyridine rings is 1. The molecule has 0 aliphatic rings. The third kappa shape index (κ3) is 3.86. The average molecular weight is 223 g/mol. The van der Waals surface area contributed by atoms with Gasteiger partial charge in [0, 0.05) is 24.5 Å². The first-order chi connectivity index (χ1) is 7.63. The van der Waals surface area contributed by atoms with Crippen LogP contribution in [0, 0.1) is 0 Å². The topological polar surface area (TPSA) is 88.2 Å². The Morgan fingerprint density at radius 3 is 3.06 bits per heavy atom. The first kappa shape index (κ1) is 12.4. The molecule has 0 saturated carbocycles. The summed E-state index contributed by atoms with van der Waals surface area (Å²) in [6.07, 6.45) is 3.16. The molecule has 5 heteroatoms. The number of aromatic nitrogens is 1. The Balaban J connectivity index is 2.59. The zero-order valence-electron chi connectivity index (χ0n) is 9.31. The van der Waals surface area contributed by atoms with Crippen molar-refractivity contribution in [2.24, 2.45) is 5.73 Å². The molecule has 0 aromatic carbocycles. The molecule has 1 rings (SSSR count). The SMILES string of the molecule is CC(CCCO)Nc1ccnc(C(N)=O)c1. The summed E-state index contributed by atoms with van der Waals surface area (Å²) in [5.74, 6) is -0.535. The first-order valence-corrected chi connectivity index (χ1v) is 5.26. The molecule has 1 heterocycles. The zero-order chi connectivity index (χ0) is 12.0. The van der Waals surface area contributed by atoms with Gasteiger partial charge < -0.3 is 16.2 Å². The van der Waals surface area contributed by atoms with Crippen LogP contribution in [0.2, 0.25) is 0 Å². The molecule has 1 aromatic rings. The van der Waals surface area contributed by atoms with Crippen LogP contribution in [0.25, 0.3) is 0 Å². The Morgan fingerprint density at radius 2 is 2.44 bits per heavy atom. The zero-order valence-corrected chi connectivity index (χ0v) is 9.31. The minimum atomic E-state index is -0.535. The van der Waals surface area contributed by atoms with Crippen LogP contribution in [-0.4, -0.2) is 28.6 Å². The maximum atomic E-state index is 10.9. The number of aliphatic hydroxyl groups excluding tert-OH is 1. The lowest BCUT2D eigenvalue weighted by molar-refractivity contribution is 0.0995. The quantitative estimate of drug-likeness (QED) is 0.664. The average Bonchev–Trinajstić information content (AvgIpc) is 2.26. The van der Waals surface area contributed by atoms with Gasteiger partial charge in [0.15, 0.2) is 0 Å². The Bertz CT molecular complexity index is 355. The molecule has 5 nitrogen and oxygen atoms in total. The van der Waals surface area contributed by atoms with Gasteiger partial charge in [-0.3, -0.25) is 9.78 Å². The summed E-state index contributed by atoms with van der Waals surface area (Å²) in [4.78, 5) is 14.8. The highest BCUT2D eigenvalue weighted by molar-refractivity contribution is 5.91. The van der Waals surface area contributed by atoms with Crippen LogP contribution in [0.5, 0.6) is 0 Å². The Hall–Kier alpha value is -1.62. The molecule has 0 bridgehead atoms. The monoisotopic (exact) mass is 223 g/mol. The van der Waals surface area contributed by atoms with E-state index in [4.69, 9.17) is 10.8 Å². The molecule has 1 atom stereocenters. The fourth-order valence-electron chi connectivity index (χ4n) is 1.41. The van der Waals surface area contributed by atoms with Crippen molar-refractivity contribution in [1.29, 1.82) is 0 Å². The van der Waals surface area contributed by atoms with Gasteiger partial charge in [-0.25, -0.2) is 0 Å². The van der Waals surface area contributed by atoms with Gasteiger partial charge in [-0.2, -0.15) is 0 Å². The molecule has 0 radical (unpaired) electrons. The second kappa shape index (κ2) is 6.07. The van der Waals surface area contributed by atoms with Crippen LogP contribution in [-0.2, 0) is 0 Å². The van der Waals surface area contributed by atoms with Crippen LogP contribution in [0.3, 0.4) is 0 Å². The van der Waals surface area contributed by atoms with E-state index in [1.807, 2.05) is 6.92 Å². The van der Waals surface area contributed by atoms with Gasteiger partial charge in [-0.15, -0.1) is 0 Å². The van der Waals surface area contributed by atoms with E-state index < -0.39 is 5.91 Å². The van der Waals surface area contributed by atoms with Gasteiger partial charge >= 0.3 is 0 Å². The lowest BCUT2D eigenvalue weighted by Crippen LogP contribution is -2.17. The number of nitrogens with two attached hydrogens (primary N) is 1. The molecule has 0 saturated heterocycles. The Labute approximate surface area is 94.7 Å². The summed E-state index contributed by atoms with van der Waals surface area (Å²) in [5.41, 5.74) is 6.19. The number of primary amides is 1.